The van der Waals surface area contributed by atoms with E-state index < -0.39 is 0 Å². The Balaban J connectivity index is 0.000000206. The molecule has 0 atom stereocenters. The first-order valence-corrected chi connectivity index (χ1v) is 16.1. The third kappa shape index (κ3) is 8.90. The summed E-state index contributed by atoms with van der Waals surface area (Å²) in [6, 6.07) is 29.5. The van der Waals surface area contributed by atoms with Gasteiger partial charge < -0.3 is 14.6 Å². The van der Waals surface area contributed by atoms with Gasteiger partial charge in [0.1, 0.15) is 11.2 Å². The molecular weight excluding hydrogens is 520 g/mol. The molecule has 0 unspecified atom stereocenters. The van der Waals surface area contributed by atoms with Crippen LogP contribution < -0.4 is 5.32 Å². The second-order valence-corrected chi connectivity index (χ2v) is 10.2. The highest BCUT2D eigenvalue weighted by Gasteiger charge is 2.07. The molecule has 0 spiro atoms. The summed E-state index contributed by atoms with van der Waals surface area (Å²) >= 11 is 1.89. The van der Waals surface area contributed by atoms with Gasteiger partial charge in [0.25, 0.3) is 0 Å². The molecule has 1 saturated heterocycles. The van der Waals surface area contributed by atoms with E-state index in [1.807, 2.05) is 71.1 Å². The normalized spacial score (nSPS) is 12.4. The van der Waals surface area contributed by atoms with Gasteiger partial charge in [-0.25, -0.2) is 0 Å². The van der Waals surface area contributed by atoms with Gasteiger partial charge in [-0.3, -0.25) is 0 Å². The van der Waals surface area contributed by atoms with Crippen LogP contribution in [0.1, 0.15) is 52.7 Å². The van der Waals surface area contributed by atoms with E-state index >= 15 is 0 Å². The number of piperazine rings is 1. The van der Waals surface area contributed by atoms with Crippen LogP contribution >= 0.6 is 11.3 Å². The number of hydrogen-bond acceptors (Lipinski definition) is 4. The number of fused-ring (bicyclic) bond motifs is 6. The number of aryl methyl sites for hydroxylation is 2. The SMILES string of the molecule is CC.CC.CC.CN1CCNCC1.Cc1cccc2c1oc1ccccc12.Cc1cccc2c1sc1ccccc12. The minimum atomic E-state index is 0.969. The summed E-state index contributed by atoms with van der Waals surface area (Å²) in [6.07, 6.45) is 0. The van der Waals surface area contributed by atoms with Crippen molar-refractivity contribution in [3.05, 3.63) is 96.1 Å². The van der Waals surface area contributed by atoms with Crippen LogP contribution in [0.4, 0.5) is 0 Å². The summed E-state index contributed by atoms with van der Waals surface area (Å²) in [5, 5.41) is 8.46. The first-order chi connectivity index (χ1) is 20.1. The maximum Gasteiger partial charge on any atom is 0.138 e. The van der Waals surface area contributed by atoms with Crippen LogP contribution in [0.5, 0.6) is 0 Å². The van der Waals surface area contributed by atoms with Crippen molar-refractivity contribution in [2.45, 2.75) is 55.4 Å². The predicted molar refractivity (Wildman–Crippen MR) is 187 cm³/mol. The fourth-order valence-electron chi connectivity index (χ4n) is 4.55. The molecule has 1 fully saturated rings. The Morgan fingerprint density at radius 1 is 0.610 bits per heavy atom. The topological polar surface area (TPSA) is 28.4 Å². The van der Waals surface area contributed by atoms with Gasteiger partial charge in [-0.2, -0.15) is 0 Å². The van der Waals surface area contributed by atoms with Gasteiger partial charge in [-0.05, 0) is 44.2 Å². The van der Waals surface area contributed by atoms with Gasteiger partial charge in [0, 0.05) is 57.1 Å². The summed E-state index contributed by atoms with van der Waals surface area (Å²) in [4.78, 5) is 2.33. The molecule has 3 heterocycles. The molecule has 0 amide bonds. The summed E-state index contributed by atoms with van der Waals surface area (Å²) in [5.41, 5.74) is 4.55. The van der Waals surface area contributed by atoms with E-state index in [4.69, 9.17) is 4.42 Å². The van der Waals surface area contributed by atoms with Gasteiger partial charge in [0.2, 0.25) is 0 Å². The lowest BCUT2D eigenvalue weighted by Crippen LogP contribution is -2.40. The molecule has 4 aromatic carbocycles. The average Bonchev–Trinajstić information content (AvgIpc) is 3.62. The molecule has 7 rings (SSSR count). The Morgan fingerprint density at radius 3 is 1.78 bits per heavy atom. The van der Waals surface area contributed by atoms with E-state index in [9.17, 15) is 0 Å². The minimum Gasteiger partial charge on any atom is -0.456 e. The fourth-order valence-corrected chi connectivity index (χ4v) is 5.72. The first kappa shape index (κ1) is 34.0. The van der Waals surface area contributed by atoms with E-state index in [0.29, 0.717) is 0 Å². The van der Waals surface area contributed by atoms with E-state index in [1.54, 1.807) is 0 Å². The number of thiophene rings is 1. The van der Waals surface area contributed by atoms with Crippen molar-refractivity contribution in [1.82, 2.24) is 10.2 Å². The van der Waals surface area contributed by atoms with E-state index in [2.05, 4.69) is 97.8 Å². The molecule has 6 aromatic rings. The van der Waals surface area contributed by atoms with E-state index in [-0.39, 0.29) is 0 Å². The largest absolute Gasteiger partial charge is 0.456 e. The molecule has 3 nitrogen and oxygen atoms in total. The molecule has 220 valence electrons. The third-order valence-corrected chi connectivity index (χ3v) is 7.86. The molecule has 41 heavy (non-hydrogen) atoms. The van der Waals surface area contributed by atoms with Crippen molar-refractivity contribution in [2.75, 3.05) is 33.2 Å². The zero-order valence-electron chi connectivity index (χ0n) is 26.7. The number of rotatable bonds is 0. The van der Waals surface area contributed by atoms with Gasteiger partial charge in [-0.15, -0.1) is 11.3 Å². The van der Waals surface area contributed by atoms with Crippen LogP contribution in [-0.2, 0) is 0 Å². The number of nitrogens with zero attached hydrogens (tertiary/aromatic N) is 1. The zero-order valence-corrected chi connectivity index (χ0v) is 27.5. The summed E-state index contributed by atoms with van der Waals surface area (Å²) in [5.74, 6) is 0. The predicted octanol–water partition coefficient (Wildman–Crippen LogP) is 10.9. The Labute approximate surface area is 252 Å². The van der Waals surface area contributed by atoms with Crippen molar-refractivity contribution in [2.24, 2.45) is 0 Å². The van der Waals surface area contributed by atoms with E-state index in [1.165, 1.54) is 55.2 Å². The van der Waals surface area contributed by atoms with Crippen LogP contribution in [-0.4, -0.2) is 38.1 Å². The number of hydrogen-bond donors (Lipinski definition) is 1. The first-order valence-electron chi connectivity index (χ1n) is 15.2. The van der Waals surface area contributed by atoms with Gasteiger partial charge in [0.15, 0.2) is 0 Å². The molecule has 1 N–H and O–H groups in total. The standard InChI is InChI=1S/C13H10O.C13H10S.C5H12N2.3C2H6/c2*1-9-5-4-7-11-10-6-2-3-8-12(10)14-13(9)11;1-7-4-2-6-3-5-7;3*1-2/h2*2-8H,1H3;6H,2-5H2,1H3;3*1-2H3. The van der Waals surface area contributed by atoms with Crippen LogP contribution in [0.3, 0.4) is 0 Å². The Kier molecular flexibility index (Phi) is 15.2. The van der Waals surface area contributed by atoms with Crippen molar-refractivity contribution in [3.8, 4) is 0 Å². The lowest BCUT2D eigenvalue weighted by Gasteiger charge is -2.21. The van der Waals surface area contributed by atoms with Crippen molar-refractivity contribution < 1.29 is 4.42 Å². The number of benzene rings is 4. The highest BCUT2D eigenvalue weighted by Crippen LogP contribution is 2.35. The molecule has 4 heteroatoms. The monoisotopic (exact) mass is 570 g/mol. The maximum atomic E-state index is 5.78. The molecule has 1 aliphatic rings. The molecular formula is C37H50N2OS. The average molecular weight is 571 g/mol. The number of likely N-dealkylation sites (N-methyl/N-ethyl adjacent to an activating group) is 1. The molecule has 0 radical (unpaired) electrons. The van der Waals surface area contributed by atoms with Gasteiger partial charge >= 0.3 is 0 Å². The molecule has 2 aromatic heterocycles. The van der Waals surface area contributed by atoms with Crippen LogP contribution in [0, 0.1) is 13.8 Å². The summed E-state index contributed by atoms with van der Waals surface area (Å²) in [6.45, 7) is 21.0. The van der Waals surface area contributed by atoms with Gasteiger partial charge in [0.05, 0.1) is 0 Å². The second-order valence-electron chi connectivity index (χ2n) is 9.15. The zero-order chi connectivity index (χ0) is 30.2. The fraction of sp³-hybridized carbons (Fsp3) is 0.351. The van der Waals surface area contributed by atoms with Crippen LogP contribution in [0.25, 0.3) is 42.1 Å². The Bertz CT molecular complexity index is 1460. The summed E-state index contributed by atoms with van der Waals surface area (Å²) in [7, 11) is 2.15. The lowest BCUT2D eigenvalue weighted by atomic mass is 10.1. The second kappa shape index (κ2) is 18.3. The van der Waals surface area contributed by atoms with Crippen molar-refractivity contribution >= 4 is 53.4 Å². The third-order valence-electron chi connectivity index (χ3n) is 6.54. The summed E-state index contributed by atoms with van der Waals surface area (Å²) < 4.78 is 8.59. The molecule has 0 aliphatic carbocycles. The van der Waals surface area contributed by atoms with Gasteiger partial charge in [-0.1, -0.05) is 114 Å². The van der Waals surface area contributed by atoms with Crippen LogP contribution in [0.15, 0.2) is 89.3 Å². The maximum absolute atomic E-state index is 5.78. The number of para-hydroxylation sites is 2. The van der Waals surface area contributed by atoms with Crippen molar-refractivity contribution in [1.29, 1.82) is 0 Å². The van der Waals surface area contributed by atoms with E-state index in [0.717, 1.165) is 24.3 Å². The molecule has 0 saturated carbocycles. The lowest BCUT2D eigenvalue weighted by molar-refractivity contribution is 0.291. The Morgan fingerprint density at radius 2 is 1.15 bits per heavy atom. The molecule has 0 bridgehead atoms. The number of furan rings is 1. The van der Waals surface area contributed by atoms with Crippen molar-refractivity contribution in [3.63, 3.8) is 0 Å². The smallest absolute Gasteiger partial charge is 0.138 e. The van der Waals surface area contributed by atoms with Crippen LogP contribution in [0.2, 0.25) is 0 Å². The Hall–Kier alpha value is -3.18. The highest BCUT2D eigenvalue weighted by atomic mass is 32.1. The molecule has 1 aliphatic heterocycles. The minimum absolute atomic E-state index is 0.969. The number of nitrogens with one attached hydrogen (secondary N) is 1. The highest BCUT2D eigenvalue weighted by molar-refractivity contribution is 7.26. The quantitative estimate of drug-likeness (QED) is 0.197.